The molecule has 0 spiro atoms. The molecule has 4 heteroatoms. The smallest absolute Gasteiger partial charge is 0.150 e. The lowest BCUT2D eigenvalue weighted by Crippen LogP contribution is -2.12. The summed E-state index contributed by atoms with van der Waals surface area (Å²) in [4.78, 5) is 5.86. The molecule has 0 amide bonds. The molecule has 0 saturated carbocycles. The Hall–Kier alpha value is -0.800. The molecule has 0 saturated heterocycles. The second-order valence-electron chi connectivity index (χ2n) is 4.13. The van der Waals surface area contributed by atoms with Crippen LogP contribution < -0.4 is 0 Å². The molecule has 2 nitrogen and oxygen atoms in total. The first kappa shape index (κ1) is 10.4. The van der Waals surface area contributed by atoms with Crippen molar-refractivity contribution in [3.05, 3.63) is 39.1 Å². The molecule has 84 valence electrons. The lowest BCUT2D eigenvalue weighted by atomic mass is 10.1. The number of thiophene rings is 1. The summed E-state index contributed by atoms with van der Waals surface area (Å²) in [5.41, 5.74) is 1.24. The van der Waals surface area contributed by atoms with E-state index in [4.69, 9.17) is 11.6 Å². The predicted octanol–water partition coefficient (Wildman–Crippen LogP) is 3.53. The van der Waals surface area contributed by atoms with Crippen molar-refractivity contribution >= 4 is 22.9 Å². The molecule has 2 aromatic rings. The van der Waals surface area contributed by atoms with Gasteiger partial charge in [-0.05, 0) is 30.7 Å². The molecular weight excluding hydrogens is 240 g/mol. The number of fused-ring (bicyclic) bond motifs is 1. The van der Waals surface area contributed by atoms with E-state index in [1.807, 2.05) is 0 Å². The van der Waals surface area contributed by atoms with Gasteiger partial charge in [0.2, 0.25) is 0 Å². The number of imidazole rings is 1. The van der Waals surface area contributed by atoms with Gasteiger partial charge in [-0.15, -0.1) is 11.3 Å². The Kier molecular flexibility index (Phi) is 2.74. The Morgan fingerprint density at radius 2 is 2.38 bits per heavy atom. The maximum Gasteiger partial charge on any atom is 0.150 e. The molecule has 1 aliphatic heterocycles. The van der Waals surface area contributed by atoms with Gasteiger partial charge in [0.1, 0.15) is 5.82 Å². The number of hydrogen-bond acceptors (Lipinski definition) is 2. The zero-order chi connectivity index (χ0) is 11.0. The quantitative estimate of drug-likeness (QED) is 0.800. The highest BCUT2D eigenvalue weighted by Gasteiger charge is 2.18. The summed E-state index contributed by atoms with van der Waals surface area (Å²) in [7, 11) is 0. The van der Waals surface area contributed by atoms with Crippen LogP contribution in [0, 0.1) is 0 Å². The predicted molar refractivity (Wildman–Crippen MR) is 67.3 cm³/mol. The fourth-order valence-corrected chi connectivity index (χ4v) is 3.27. The zero-order valence-corrected chi connectivity index (χ0v) is 10.5. The molecule has 0 N–H and O–H groups in total. The highest BCUT2D eigenvalue weighted by molar-refractivity contribution is 7.09. The Labute approximate surface area is 104 Å². The highest BCUT2D eigenvalue weighted by Crippen LogP contribution is 2.26. The molecule has 2 aromatic heterocycles. The lowest BCUT2D eigenvalue weighted by Gasteiger charge is -2.16. The minimum absolute atomic E-state index is 0.714. The Morgan fingerprint density at radius 3 is 3.19 bits per heavy atom. The molecule has 3 rings (SSSR count). The topological polar surface area (TPSA) is 17.8 Å². The third kappa shape index (κ3) is 1.78. The molecule has 1 aliphatic rings. The maximum atomic E-state index is 6.17. The van der Waals surface area contributed by atoms with Crippen molar-refractivity contribution < 1.29 is 0 Å². The molecule has 0 aliphatic carbocycles. The molecule has 3 heterocycles. The number of aromatic nitrogens is 2. The molecular formula is C12H13ClN2S. The van der Waals surface area contributed by atoms with E-state index in [0.717, 1.165) is 25.2 Å². The van der Waals surface area contributed by atoms with Gasteiger partial charge in [0.15, 0.2) is 5.15 Å². The van der Waals surface area contributed by atoms with Crippen LogP contribution >= 0.6 is 22.9 Å². The van der Waals surface area contributed by atoms with Crippen LogP contribution in [0.25, 0.3) is 0 Å². The summed E-state index contributed by atoms with van der Waals surface area (Å²) in [5, 5.41) is 2.82. The van der Waals surface area contributed by atoms with E-state index < -0.39 is 0 Å². The SMILES string of the molecule is Clc1nc(Cc2cccs2)n2c1CCCC2. The van der Waals surface area contributed by atoms with Gasteiger partial charge in [0, 0.05) is 17.8 Å². The maximum absolute atomic E-state index is 6.17. The van der Waals surface area contributed by atoms with Gasteiger partial charge in [0.05, 0.1) is 5.69 Å². The van der Waals surface area contributed by atoms with E-state index in [2.05, 4.69) is 27.1 Å². The van der Waals surface area contributed by atoms with Crippen LogP contribution in [0.4, 0.5) is 0 Å². The van der Waals surface area contributed by atoms with Gasteiger partial charge in [-0.2, -0.15) is 0 Å². The number of hydrogen-bond donors (Lipinski definition) is 0. The standard InChI is InChI=1S/C12H13ClN2S/c13-12-10-5-1-2-6-15(10)11(14-12)8-9-4-3-7-16-9/h3-4,7H,1-2,5-6,8H2. The van der Waals surface area contributed by atoms with Gasteiger partial charge in [0.25, 0.3) is 0 Å². The Bertz CT molecular complexity index is 487. The fourth-order valence-electron chi connectivity index (χ4n) is 2.27. The second-order valence-corrected chi connectivity index (χ2v) is 5.52. The average molecular weight is 253 g/mol. The van der Waals surface area contributed by atoms with Crippen LogP contribution in [0.2, 0.25) is 5.15 Å². The molecule has 0 radical (unpaired) electrons. The van der Waals surface area contributed by atoms with Crippen molar-refractivity contribution in [1.82, 2.24) is 9.55 Å². The minimum atomic E-state index is 0.714. The van der Waals surface area contributed by atoms with Crippen molar-refractivity contribution in [2.45, 2.75) is 32.2 Å². The van der Waals surface area contributed by atoms with Crippen LogP contribution in [0.15, 0.2) is 17.5 Å². The molecule has 0 fully saturated rings. The van der Waals surface area contributed by atoms with E-state index in [0.29, 0.717) is 5.15 Å². The minimum Gasteiger partial charge on any atom is -0.330 e. The Morgan fingerprint density at radius 1 is 1.44 bits per heavy atom. The summed E-state index contributed by atoms with van der Waals surface area (Å²) < 4.78 is 2.31. The highest BCUT2D eigenvalue weighted by atomic mass is 35.5. The van der Waals surface area contributed by atoms with Crippen LogP contribution in [0.1, 0.15) is 29.2 Å². The first-order chi connectivity index (χ1) is 7.84. The Balaban J connectivity index is 1.95. The largest absolute Gasteiger partial charge is 0.330 e. The van der Waals surface area contributed by atoms with Crippen LogP contribution in [0.5, 0.6) is 0 Å². The van der Waals surface area contributed by atoms with Gasteiger partial charge in [-0.25, -0.2) is 4.98 Å². The normalized spacial score (nSPS) is 15.1. The van der Waals surface area contributed by atoms with E-state index >= 15 is 0 Å². The first-order valence-electron chi connectivity index (χ1n) is 5.61. The number of rotatable bonds is 2. The van der Waals surface area contributed by atoms with Crippen LogP contribution in [0.3, 0.4) is 0 Å². The van der Waals surface area contributed by atoms with Crippen molar-refractivity contribution in [3.8, 4) is 0 Å². The summed E-state index contributed by atoms with van der Waals surface area (Å²) >= 11 is 7.96. The molecule has 0 unspecified atom stereocenters. The van der Waals surface area contributed by atoms with Crippen LogP contribution in [-0.2, 0) is 19.4 Å². The monoisotopic (exact) mass is 252 g/mol. The number of halogens is 1. The van der Waals surface area contributed by atoms with Crippen molar-refractivity contribution in [3.63, 3.8) is 0 Å². The lowest BCUT2D eigenvalue weighted by molar-refractivity contribution is 0.518. The van der Waals surface area contributed by atoms with Crippen LogP contribution in [-0.4, -0.2) is 9.55 Å². The van der Waals surface area contributed by atoms with E-state index in [9.17, 15) is 0 Å². The number of nitrogens with zero attached hydrogens (tertiary/aromatic N) is 2. The molecule has 0 aromatic carbocycles. The van der Waals surface area contributed by atoms with E-state index in [1.165, 1.54) is 23.4 Å². The van der Waals surface area contributed by atoms with Gasteiger partial charge < -0.3 is 4.57 Å². The van der Waals surface area contributed by atoms with E-state index in [-0.39, 0.29) is 0 Å². The van der Waals surface area contributed by atoms with Gasteiger partial charge in [-0.3, -0.25) is 0 Å². The van der Waals surface area contributed by atoms with Gasteiger partial charge >= 0.3 is 0 Å². The van der Waals surface area contributed by atoms with Crippen molar-refractivity contribution in [1.29, 1.82) is 0 Å². The van der Waals surface area contributed by atoms with Gasteiger partial charge in [-0.1, -0.05) is 17.7 Å². The fraction of sp³-hybridized carbons (Fsp3) is 0.417. The third-order valence-electron chi connectivity index (χ3n) is 3.06. The summed E-state index contributed by atoms with van der Waals surface area (Å²) in [6.07, 6.45) is 4.48. The van der Waals surface area contributed by atoms with E-state index in [1.54, 1.807) is 11.3 Å². The summed E-state index contributed by atoms with van der Waals surface area (Å²) in [6.45, 7) is 1.08. The van der Waals surface area contributed by atoms with Crippen molar-refractivity contribution in [2.75, 3.05) is 0 Å². The summed E-state index contributed by atoms with van der Waals surface area (Å²) in [5.74, 6) is 1.13. The molecule has 0 atom stereocenters. The molecule has 16 heavy (non-hydrogen) atoms. The zero-order valence-electron chi connectivity index (χ0n) is 8.95. The molecule has 0 bridgehead atoms. The third-order valence-corrected chi connectivity index (χ3v) is 4.24. The van der Waals surface area contributed by atoms with Crippen molar-refractivity contribution in [2.24, 2.45) is 0 Å². The average Bonchev–Trinajstić information content (AvgIpc) is 2.90. The first-order valence-corrected chi connectivity index (χ1v) is 6.86. The second kappa shape index (κ2) is 4.22. The summed E-state index contributed by atoms with van der Waals surface area (Å²) in [6, 6.07) is 4.24.